The molecule has 0 aromatic heterocycles. The molecule has 8 heteroatoms. The Hall–Kier alpha value is -3.62. The van der Waals surface area contributed by atoms with E-state index in [1.54, 1.807) is 18.2 Å². The highest BCUT2D eigenvalue weighted by molar-refractivity contribution is 6.56. The van der Waals surface area contributed by atoms with Crippen LogP contribution in [0.2, 0.25) is 0 Å². The number of hydrogen-bond donors (Lipinski definition) is 2. The molecule has 2 N–H and O–H groups in total. The van der Waals surface area contributed by atoms with Crippen LogP contribution in [0, 0.1) is 0 Å². The van der Waals surface area contributed by atoms with Crippen LogP contribution in [0.15, 0.2) is 72.2 Å². The summed E-state index contributed by atoms with van der Waals surface area (Å²) in [6.45, 7) is 8.13. The van der Waals surface area contributed by atoms with Gasteiger partial charge in [0.25, 0.3) is 0 Å². The summed E-state index contributed by atoms with van der Waals surface area (Å²) in [7, 11) is -0.706. The molecule has 1 heterocycles. The molecule has 0 spiro atoms. The molecular weight excluding hydrogens is 457 g/mol. The van der Waals surface area contributed by atoms with E-state index in [4.69, 9.17) is 14.0 Å². The minimum Gasteiger partial charge on any atom is -0.478 e. The van der Waals surface area contributed by atoms with Crippen molar-refractivity contribution in [3.8, 4) is 0 Å². The fourth-order valence-corrected chi connectivity index (χ4v) is 3.99. The Morgan fingerprint density at radius 2 is 1.56 bits per heavy atom. The lowest BCUT2D eigenvalue weighted by Gasteiger charge is -2.32. The van der Waals surface area contributed by atoms with Gasteiger partial charge in [-0.05, 0) is 61.1 Å². The molecule has 3 aromatic carbocycles. The molecule has 1 amide bonds. The highest BCUT2D eigenvalue weighted by atomic mass is 16.7. The summed E-state index contributed by atoms with van der Waals surface area (Å²) in [5.74, 6) is -0.990. The van der Waals surface area contributed by atoms with E-state index < -0.39 is 30.4 Å². The molecular formula is C28H30BNO6. The fraction of sp³-hybridized carbons (Fsp3) is 0.286. The van der Waals surface area contributed by atoms with Crippen molar-refractivity contribution in [2.45, 2.75) is 45.5 Å². The zero-order valence-corrected chi connectivity index (χ0v) is 20.9. The molecule has 4 rings (SSSR count). The molecule has 0 saturated carbocycles. The van der Waals surface area contributed by atoms with Crippen molar-refractivity contribution >= 4 is 36.0 Å². The molecule has 0 unspecified atom stereocenters. The highest BCUT2D eigenvalue weighted by Gasteiger charge is 2.52. The van der Waals surface area contributed by atoms with Crippen LogP contribution in [0.4, 0.5) is 4.79 Å². The minimum atomic E-state index is -0.990. The molecule has 1 fully saturated rings. The van der Waals surface area contributed by atoms with Crippen LogP contribution in [0.3, 0.4) is 0 Å². The number of alkyl carbamates (subject to hydrolysis) is 1. The van der Waals surface area contributed by atoms with Gasteiger partial charge in [0, 0.05) is 6.54 Å². The number of aromatic carboxylic acids is 1. The van der Waals surface area contributed by atoms with Gasteiger partial charge < -0.3 is 24.5 Å². The average molecular weight is 487 g/mol. The number of carbonyl (C=O) groups is 2. The third-order valence-electron chi connectivity index (χ3n) is 6.73. The van der Waals surface area contributed by atoms with Gasteiger partial charge in [0.05, 0.1) is 16.8 Å². The number of hydrogen-bond acceptors (Lipinski definition) is 5. The van der Waals surface area contributed by atoms with Gasteiger partial charge in [-0.15, -0.1) is 0 Å². The average Bonchev–Trinajstić information content (AvgIpc) is 3.07. The Labute approximate surface area is 211 Å². The van der Waals surface area contributed by atoms with E-state index >= 15 is 0 Å². The van der Waals surface area contributed by atoms with E-state index in [1.165, 1.54) is 0 Å². The van der Waals surface area contributed by atoms with Crippen molar-refractivity contribution in [3.05, 3.63) is 88.9 Å². The van der Waals surface area contributed by atoms with Crippen LogP contribution in [0.5, 0.6) is 0 Å². The Bertz CT molecular complexity index is 1290. The fourth-order valence-electron chi connectivity index (χ4n) is 3.99. The Morgan fingerprint density at radius 3 is 2.22 bits per heavy atom. The quantitative estimate of drug-likeness (QED) is 0.429. The van der Waals surface area contributed by atoms with E-state index in [0.29, 0.717) is 10.9 Å². The minimum absolute atomic E-state index is 0.124. The normalized spacial score (nSPS) is 16.7. The molecule has 0 atom stereocenters. The molecule has 1 saturated heterocycles. The second-order valence-corrected chi connectivity index (χ2v) is 9.78. The first-order valence-electron chi connectivity index (χ1n) is 11.8. The lowest BCUT2D eigenvalue weighted by molar-refractivity contribution is 0.00578. The van der Waals surface area contributed by atoms with E-state index in [0.717, 1.165) is 16.5 Å². The maximum atomic E-state index is 12.5. The Morgan fingerprint density at radius 1 is 0.917 bits per heavy atom. The first-order valence-corrected chi connectivity index (χ1v) is 11.8. The van der Waals surface area contributed by atoms with Gasteiger partial charge in [-0.2, -0.15) is 0 Å². The van der Waals surface area contributed by atoms with E-state index in [9.17, 15) is 14.7 Å². The van der Waals surface area contributed by atoms with Crippen molar-refractivity contribution in [2.75, 3.05) is 6.54 Å². The van der Waals surface area contributed by atoms with E-state index in [-0.39, 0.29) is 18.7 Å². The number of benzene rings is 3. The first-order chi connectivity index (χ1) is 17.1. The van der Waals surface area contributed by atoms with Gasteiger partial charge in [-0.25, -0.2) is 9.59 Å². The van der Waals surface area contributed by atoms with Crippen molar-refractivity contribution in [3.63, 3.8) is 0 Å². The van der Waals surface area contributed by atoms with Crippen molar-refractivity contribution in [1.29, 1.82) is 0 Å². The molecule has 1 aliphatic heterocycles. The molecule has 36 heavy (non-hydrogen) atoms. The molecule has 0 bridgehead atoms. The van der Waals surface area contributed by atoms with Crippen molar-refractivity contribution < 1.29 is 28.7 Å². The monoisotopic (exact) mass is 487 g/mol. The molecule has 0 radical (unpaired) electrons. The number of fused-ring (bicyclic) bond motifs is 1. The molecule has 7 nitrogen and oxygen atoms in total. The predicted molar refractivity (Wildman–Crippen MR) is 140 cm³/mol. The number of carboxylic acids is 1. The van der Waals surface area contributed by atoms with Crippen LogP contribution < -0.4 is 5.32 Å². The molecule has 1 aliphatic rings. The Kier molecular flexibility index (Phi) is 7.20. The van der Waals surface area contributed by atoms with Crippen molar-refractivity contribution in [1.82, 2.24) is 5.32 Å². The third kappa shape index (κ3) is 5.45. The summed E-state index contributed by atoms with van der Waals surface area (Å²) in [5.41, 5.74) is 1.44. The van der Waals surface area contributed by atoms with Gasteiger partial charge in [-0.1, -0.05) is 66.7 Å². The summed E-state index contributed by atoms with van der Waals surface area (Å²) in [6.07, 6.45) is 1.32. The second-order valence-electron chi connectivity index (χ2n) is 9.78. The molecule has 3 aromatic rings. The van der Waals surface area contributed by atoms with Crippen LogP contribution in [-0.4, -0.2) is 42.0 Å². The summed E-state index contributed by atoms with van der Waals surface area (Å²) in [6, 6.07) is 20.1. The summed E-state index contributed by atoms with van der Waals surface area (Å²) >= 11 is 0. The van der Waals surface area contributed by atoms with Gasteiger partial charge in [0.2, 0.25) is 0 Å². The largest absolute Gasteiger partial charge is 0.492 e. The predicted octanol–water partition coefficient (Wildman–Crippen LogP) is 5.48. The molecule has 186 valence electrons. The van der Waals surface area contributed by atoms with Gasteiger partial charge in [0.1, 0.15) is 6.61 Å². The first kappa shape index (κ1) is 25.5. The van der Waals surface area contributed by atoms with E-state index in [2.05, 4.69) is 5.32 Å². The van der Waals surface area contributed by atoms with Crippen LogP contribution in [0.25, 0.3) is 16.8 Å². The second kappa shape index (κ2) is 10.2. The molecule has 0 aliphatic carbocycles. The van der Waals surface area contributed by atoms with Crippen molar-refractivity contribution in [2.24, 2.45) is 0 Å². The van der Waals surface area contributed by atoms with Gasteiger partial charge >= 0.3 is 19.2 Å². The Balaban J connectivity index is 1.62. The standard InChI is InChI=1S/C28H30BNO6/c1-27(2)28(3,4)36-29(35-27)21(17-30-26(33)34-18-19-10-6-5-7-11-19)16-20-12-8-14-23-22(20)13-9-15-24(23)25(31)32/h5-16H,17-18H2,1-4H3,(H,30,33)(H,31,32). The maximum absolute atomic E-state index is 12.5. The number of rotatable bonds is 7. The zero-order valence-electron chi connectivity index (χ0n) is 20.9. The lowest BCUT2D eigenvalue weighted by Crippen LogP contribution is -2.41. The number of nitrogens with one attached hydrogen (secondary N) is 1. The van der Waals surface area contributed by atoms with Gasteiger partial charge in [-0.3, -0.25) is 0 Å². The van der Waals surface area contributed by atoms with Crippen LogP contribution >= 0.6 is 0 Å². The SMILES string of the molecule is CC1(C)OB(C(=Cc2cccc3c(C(=O)O)cccc23)CNC(=O)OCc2ccccc2)OC1(C)C. The lowest BCUT2D eigenvalue weighted by atomic mass is 9.76. The van der Waals surface area contributed by atoms with Crippen LogP contribution in [0.1, 0.15) is 49.2 Å². The summed E-state index contributed by atoms with van der Waals surface area (Å²) in [5, 5.41) is 13.8. The highest BCUT2D eigenvalue weighted by Crippen LogP contribution is 2.39. The summed E-state index contributed by atoms with van der Waals surface area (Å²) < 4.78 is 17.9. The number of ether oxygens (including phenoxy) is 1. The smallest absolute Gasteiger partial charge is 0.478 e. The summed E-state index contributed by atoms with van der Waals surface area (Å²) in [4.78, 5) is 24.2. The van der Waals surface area contributed by atoms with Crippen LogP contribution in [-0.2, 0) is 20.7 Å². The third-order valence-corrected chi connectivity index (χ3v) is 6.73. The maximum Gasteiger partial charge on any atom is 0.492 e. The number of carboxylic acid groups (broad SMARTS) is 1. The number of carbonyl (C=O) groups excluding carboxylic acids is 1. The van der Waals surface area contributed by atoms with Gasteiger partial charge in [0.15, 0.2) is 0 Å². The number of amides is 1. The topological polar surface area (TPSA) is 94.1 Å². The van der Waals surface area contributed by atoms with E-state index in [1.807, 2.05) is 82.3 Å². The zero-order chi connectivity index (χ0) is 25.9.